The Kier molecular flexibility index (Phi) is 4.24. The third-order valence-corrected chi connectivity index (χ3v) is 5.70. The molecule has 2 aliphatic heterocycles. The molecular weight excluding hydrogens is 472 g/mol. The summed E-state index contributed by atoms with van der Waals surface area (Å²) in [5.41, 5.74) is 2.20. The Morgan fingerprint density at radius 3 is 1.33 bits per heavy atom. The summed E-state index contributed by atoms with van der Waals surface area (Å²) in [4.78, 5) is 0. The van der Waals surface area contributed by atoms with Crippen molar-refractivity contribution in [3.63, 3.8) is 0 Å². The van der Waals surface area contributed by atoms with Crippen molar-refractivity contribution in [3.05, 3.63) is 68.6 Å². The number of rotatable bonds is 2. The summed E-state index contributed by atoms with van der Waals surface area (Å²) in [6.07, 6.45) is -0.211. The number of benzene rings is 2. The van der Waals surface area contributed by atoms with E-state index in [2.05, 4.69) is 66.8 Å². The Bertz CT molecular complexity index is 740. The second-order valence-electron chi connectivity index (χ2n) is 5.50. The number of nitrogens with one attached hydrogen (secondary N) is 2. The lowest BCUT2D eigenvalue weighted by molar-refractivity contribution is 0.114. The molecule has 0 saturated carbocycles. The topological polar surface area (TPSA) is 30.5 Å². The molecule has 2 atom stereocenters. The van der Waals surface area contributed by atoms with E-state index in [9.17, 15) is 0 Å². The van der Waals surface area contributed by atoms with Crippen LogP contribution in [0.3, 0.4) is 0 Å². The zero-order valence-corrected chi connectivity index (χ0v) is 17.0. The maximum atomic E-state index is 5.57. The van der Waals surface area contributed by atoms with Crippen LogP contribution in [0, 0.1) is 0 Å². The SMILES string of the molecule is S=C1N[C@@H](c2ccc(Br)cc2)N2C(=S)N[C@@H](c3ccc(Br)cc3)N12. The second-order valence-corrected chi connectivity index (χ2v) is 8.10. The molecule has 0 aliphatic carbocycles. The Morgan fingerprint density at radius 1 is 0.667 bits per heavy atom. The van der Waals surface area contributed by atoms with Crippen molar-refractivity contribution in [3.8, 4) is 0 Å². The molecule has 0 spiro atoms. The van der Waals surface area contributed by atoms with E-state index in [0.717, 1.165) is 20.1 Å². The van der Waals surface area contributed by atoms with Crippen LogP contribution < -0.4 is 10.6 Å². The van der Waals surface area contributed by atoms with Crippen molar-refractivity contribution in [2.75, 3.05) is 0 Å². The molecule has 0 bridgehead atoms. The molecule has 8 heteroatoms. The summed E-state index contributed by atoms with van der Waals surface area (Å²) in [6.45, 7) is 0. The summed E-state index contributed by atoms with van der Waals surface area (Å²) in [6, 6.07) is 16.3. The lowest BCUT2D eigenvalue weighted by Crippen LogP contribution is -2.36. The molecule has 4 rings (SSSR count). The van der Waals surface area contributed by atoms with E-state index in [1.807, 2.05) is 34.3 Å². The van der Waals surface area contributed by atoms with Gasteiger partial charge < -0.3 is 10.6 Å². The van der Waals surface area contributed by atoms with Crippen LogP contribution in [-0.4, -0.2) is 20.2 Å². The van der Waals surface area contributed by atoms with E-state index >= 15 is 0 Å². The van der Waals surface area contributed by atoms with Gasteiger partial charge in [-0.05, 0) is 59.8 Å². The van der Waals surface area contributed by atoms with Gasteiger partial charge in [-0.25, -0.2) is 10.0 Å². The van der Waals surface area contributed by atoms with Crippen LogP contribution in [-0.2, 0) is 0 Å². The van der Waals surface area contributed by atoms with Gasteiger partial charge in [0, 0.05) is 8.95 Å². The van der Waals surface area contributed by atoms with Crippen LogP contribution >= 0.6 is 56.3 Å². The third-order valence-electron chi connectivity index (χ3n) is 4.03. The van der Waals surface area contributed by atoms with Crippen LogP contribution in [0.5, 0.6) is 0 Å². The number of fused-ring (bicyclic) bond motifs is 1. The van der Waals surface area contributed by atoms with Crippen LogP contribution in [0.25, 0.3) is 0 Å². The first kappa shape index (κ1) is 16.3. The second kappa shape index (κ2) is 6.25. The summed E-state index contributed by atoms with van der Waals surface area (Å²) < 4.78 is 2.08. The number of halogens is 2. The molecule has 0 amide bonds. The number of nitrogens with zero attached hydrogens (tertiary/aromatic N) is 2. The fraction of sp³-hybridized carbons (Fsp3) is 0.125. The molecule has 4 nitrogen and oxygen atoms in total. The van der Waals surface area contributed by atoms with Gasteiger partial charge >= 0.3 is 0 Å². The molecule has 2 aromatic carbocycles. The van der Waals surface area contributed by atoms with E-state index in [1.165, 1.54) is 0 Å². The Balaban J connectivity index is 1.68. The number of thiocarbonyl (C=S) groups is 2. The third kappa shape index (κ3) is 2.71. The van der Waals surface area contributed by atoms with Crippen molar-refractivity contribution in [2.24, 2.45) is 0 Å². The summed E-state index contributed by atoms with van der Waals surface area (Å²) in [5.74, 6) is 0. The smallest absolute Gasteiger partial charge is 0.192 e. The van der Waals surface area contributed by atoms with Gasteiger partial charge in [0.25, 0.3) is 0 Å². The van der Waals surface area contributed by atoms with Crippen molar-refractivity contribution in [1.82, 2.24) is 20.7 Å². The fourth-order valence-corrected chi connectivity index (χ4v) is 4.05. The van der Waals surface area contributed by atoms with Gasteiger partial charge in [-0.2, -0.15) is 0 Å². The molecule has 0 aromatic heterocycles. The molecule has 122 valence electrons. The normalized spacial score (nSPS) is 22.4. The van der Waals surface area contributed by atoms with Crippen LogP contribution in [0.4, 0.5) is 0 Å². The zero-order valence-electron chi connectivity index (χ0n) is 12.2. The van der Waals surface area contributed by atoms with E-state index in [0.29, 0.717) is 10.2 Å². The summed E-state index contributed by atoms with van der Waals surface area (Å²) >= 11 is 18.1. The minimum absolute atomic E-state index is 0.106. The van der Waals surface area contributed by atoms with Gasteiger partial charge in [-0.1, -0.05) is 56.1 Å². The van der Waals surface area contributed by atoms with Crippen LogP contribution in [0.15, 0.2) is 57.5 Å². The van der Waals surface area contributed by atoms with Gasteiger partial charge in [-0.3, -0.25) is 0 Å². The highest BCUT2D eigenvalue weighted by Crippen LogP contribution is 2.37. The number of hydrogen-bond acceptors (Lipinski definition) is 2. The standard InChI is InChI=1S/C16H12Br2N4S2/c17-11-5-1-9(2-6-11)13-19-15(23)22-14(20-16(24)21(13)22)10-3-7-12(18)8-4-10/h1-8,13-14H,(H,19,23)(H,20,24)/t13-,14-/m1/s1. The molecule has 2 heterocycles. The van der Waals surface area contributed by atoms with E-state index in [4.69, 9.17) is 24.4 Å². The first-order valence-corrected chi connectivity index (χ1v) is 9.65. The summed E-state index contributed by atoms with van der Waals surface area (Å²) in [5, 5.41) is 12.1. The summed E-state index contributed by atoms with van der Waals surface area (Å²) in [7, 11) is 0. The van der Waals surface area contributed by atoms with Gasteiger partial charge in [0.05, 0.1) is 0 Å². The Labute approximate surface area is 167 Å². The maximum absolute atomic E-state index is 5.57. The molecular formula is C16H12Br2N4S2. The molecule has 0 unspecified atom stereocenters. The van der Waals surface area contributed by atoms with Crippen molar-refractivity contribution in [2.45, 2.75) is 12.3 Å². The molecule has 0 radical (unpaired) electrons. The highest BCUT2D eigenvalue weighted by Gasteiger charge is 2.47. The Hall–Kier alpha value is -1.22. The first-order valence-electron chi connectivity index (χ1n) is 7.25. The molecule has 24 heavy (non-hydrogen) atoms. The largest absolute Gasteiger partial charge is 0.336 e. The molecule has 2 fully saturated rings. The maximum Gasteiger partial charge on any atom is 0.192 e. The van der Waals surface area contributed by atoms with Crippen LogP contribution in [0.2, 0.25) is 0 Å². The van der Waals surface area contributed by atoms with Gasteiger partial charge in [0.15, 0.2) is 10.2 Å². The Morgan fingerprint density at radius 2 is 1.00 bits per heavy atom. The average molecular weight is 484 g/mol. The molecule has 2 N–H and O–H groups in total. The minimum atomic E-state index is -0.106. The lowest BCUT2D eigenvalue weighted by atomic mass is 10.2. The number of hydrogen-bond donors (Lipinski definition) is 2. The lowest BCUT2D eigenvalue weighted by Gasteiger charge is -2.26. The van der Waals surface area contributed by atoms with Crippen molar-refractivity contribution in [1.29, 1.82) is 0 Å². The predicted molar refractivity (Wildman–Crippen MR) is 109 cm³/mol. The molecule has 2 aliphatic rings. The fourth-order valence-electron chi connectivity index (χ4n) is 2.91. The highest BCUT2D eigenvalue weighted by molar-refractivity contribution is 9.10. The quantitative estimate of drug-likeness (QED) is 0.622. The number of hydrazine groups is 1. The first-order chi connectivity index (χ1) is 11.5. The van der Waals surface area contributed by atoms with Gasteiger partial charge in [-0.15, -0.1) is 0 Å². The van der Waals surface area contributed by atoms with Crippen LogP contribution in [0.1, 0.15) is 23.5 Å². The monoisotopic (exact) mass is 482 g/mol. The predicted octanol–water partition coefficient (Wildman–Crippen LogP) is 4.20. The van der Waals surface area contributed by atoms with Gasteiger partial charge in [0.2, 0.25) is 0 Å². The van der Waals surface area contributed by atoms with E-state index < -0.39 is 0 Å². The zero-order chi connectivity index (χ0) is 16.8. The van der Waals surface area contributed by atoms with E-state index in [1.54, 1.807) is 0 Å². The van der Waals surface area contributed by atoms with Crippen molar-refractivity contribution >= 4 is 66.5 Å². The van der Waals surface area contributed by atoms with Crippen molar-refractivity contribution < 1.29 is 0 Å². The minimum Gasteiger partial charge on any atom is -0.336 e. The van der Waals surface area contributed by atoms with Gasteiger partial charge in [0.1, 0.15) is 12.3 Å². The highest BCUT2D eigenvalue weighted by atomic mass is 79.9. The average Bonchev–Trinajstić information content (AvgIpc) is 3.08. The molecule has 2 aromatic rings. The molecule has 2 saturated heterocycles. The van der Waals surface area contributed by atoms with E-state index in [-0.39, 0.29) is 12.3 Å².